The number of carbonyl (C=O) groups excluding carboxylic acids is 2. The lowest BCUT2D eigenvalue weighted by molar-refractivity contribution is -0.232. The quantitative estimate of drug-likeness (QED) is 0.350. The van der Waals surface area contributed by atoms with Crippen molar-refractivity contribution in [3.8, 4) is 9.85 Å². The number of hydrogen-bond acceptors (Lipinski definition) is 5. The molecule has 19 heavy (non-hydrogen) atoms. The number of halogens is 1. The molecule has 0 atom stereocenters. The molecule has 1 rings (SSSR count). The van der Waals surface area contributed by atoms with Gasteiger partial charge in [-0.1, -0.05) is 19.8 Å². The topological polar surface area (TPSA) is 64.6 Å². The lowest BCUT2D eigenvalue weighted by Gasteiger charge is -2.37. The van der Waals surface area contributed by atoms with Crippen LogP contribution in [0.15, 0.2) is 0 Å². The van der Waals surface area contributed by atoms with Gasteiger partial charge in [-0.3, -0.25) is 9.59 Å². The Balaban J connectivity index is 2.83. The van der Waals surface area contributed by atoms with E-state index < -0.39 is 29.3 Å². The molecule has 0 saturated carbocycles. The number of rotatable bonds is 4. The fraction of sp³-hybridized carbons (Fsp3) is 0.692. The van der Waals surface area contributed by atoms with Crippen LogP contribution in [0.5, 0.6) is 0 Å². The highest BCUT2D eigenvalue weighted by Gasteiger charge is 2.51. The van der Waals surface area contributed by atoms with Gasteiger partial charge in [-0.05, 0) is 30.6 Å². The molecule has 0 aromatic rings. The van der Waals surface area contributed by atoms with Gasteiger partial charge in [0.2, 0.25) is 0 Å². The van der Waals surface area contributed by atoms with Crippen molar-refractivity contribution < 1.29 is 19.1 Å². The third-order valence-electron chi connectivity index (χ3n) is 3.26. The summed E-state index contributed by atoms with van der Waals surface area (Å²) in [4.78, 5) is 24.1. The Kier molecular flexibility index (Phi) is 5.21. The highest BCUT2D eigenvalue weighted by molar-refractivity contribution is 14.1. The van der Waals surface area contributed by atoms with Crippen molar-refractivity contribution in [1.29, 1.82) is 0 Å². The monoisotopic (exact) mass is 379 g/mol. The van der Waals surface area contributed by atoms with Crippen LogP contribution in [0.2, 0.25) is 0 Å². The smallest absolute Gasteiger partial charge is 0.327 e. The lowest BCUT2D eigenvalue weighted by Crippen LogP contribution is -2.57. The third kappa shape index (κ3) is 3.39. The van der Waals surface area contributed by atoms with Gasteiger partial charge in [0.25, 0.3) is 0 Å². The summed E-state index contributed by atoms with van der Waals surface area (Å²) in [5.74, 6) is 1.82. The van der Waals surface area contributed by atoms with Crippen LogP contribution >= 0.6 is 22.6 Å². The second-order valence-electron chi connectivity index (χ2n) is 4.92. The van der Waals surface area contributed by atoms with E-state index in [1.807, 2.05) is 36.4 Å². The number of cyclic esters (lactones) is 2. The molecule has 0 aliphatic carbocycles. The van der Waals surface area contributed by atoms with Gasteiger partial charge in [0.1, 0.15) is 0 Å². The van der Waals surface area contributed by atoms with Crippen molar-refractivity contribution in [2.45, 2.75) is 52.5 Å². The molecule has 0 unspecified atom stereocenters. The molecule has 1 fully saturated rings. The summed E-state index contributed by atoms with van der Waals surface area (Å²) in [5, 5.41) is 2.88. The average molecular weight is 379 g/mol. The first-order valence-corrected chi connectivity index (χ1v) is 7.22. The van der Waals surface area contributed by atoms with E-state index in [4.69, 9.17) is 9.47 Å². The summed E-state index contributed by atoms with van der Waals surface area (Å²) in [7, 11) is 0. The van der Waals surface area contributed by atoms with Gasteiger partial charge in [0, 0.05) is 22.6 Å². The van der Waals surface area contributed by atoms with Crippen molar-refractivity contribution in [2.24, 2.45) is 5.41 Å². The molecule has 0 amide bonds. The molecule has 1 aliphatic rings. The highest BCUT2D eigenvalue weighted by atomic mass is 127. The first-order valence-electron chi connectivity index (χ1n) is 6.14. The van der Waals surface area contributed by atoms with Gasteiger partial charge in [-0.25, -0.2) is 5.32 Å². The minimum Gasteiger partial charge on any atom is -0.410 e. The van der Waals surface area contributed by atoms with E-state index in [1.165, 1.54) is 0 Å². The van der Waals surface area contributed by atoms with E-state index in [0.717, 1.165) is 0 Å². The number of carbonyl (C=O) groups is 2. The van der Waals surface area contributed by atoms with Crippen LogP contribution < -0.4 is 5.32 Å². The maximum Gasteiger partial charge on any atom is 0.327 e. The van der Waals surface area contributed by atoms with Crippen LogP contribution in [0.4, 0.5) is 0 Å². The average Bonchev–Trinajstić information content (AvgIpc) is 2.29. The summed E-state index contributed by atoms with van der Waals surface area (Å²) in [6.45, 7) is 7.15. The molecule has 1 N–H and O–H groups in total. The zero-order chi connectivity index (χ0) is 14.7. The summed E-state index contributed by atoms with van der Waals surface area (Å²) in [6, 6.07) is 0. The molecular weight excluding hydrogens is 361 g/mol. The van der Waals surface area contributed by atoms with Crippen LogP contribution in [0.3, 0.4) is 0 Å². The zero-order valence-electron chi connectivity index (χ0n) is 11.5. The largest absolute Gasteiger partial charge is 0.410 e. The number of ether oxygens (including phenoxy) is 2. The summed E-state index contributed by atoms with van der Waals surface area (Å²) >= 11 is 1.92. The highest BCUT2D eigenvalue weighted by Crippen LogP contribution is 2.34. The van der Waals surface area contributed by atoms with Crippen molar-refractivity contribution in [3.05, 3.63) is 0 Å². The van der Waals surface area contributed by atoms with Crippen LogP contribution in [-0.4, -0.2) is 23.9 Å². The van der Waals surface area contributed by atoms with Gasteiger partial charge in [-0.2, -0.15) is 0 Å². The van der Waals surface area contributed by atoms with Gasteiger partial charge in [0.05, 0.1) is 5.54 Å². The summed E-state index contributed by atoms with van der Waals surface area (Å²) in [6.07, 6.45) is -0.353. The number of nitrogens with one attached hydrogen (secondary N) is 1. The van der Waals surface area contributed by atoms with E-state index >= 15 is 0 Å². The third-order valence-corrected chi connectivity index (χ3v) is 3.52. The standard InChI is InChI=1S/C13H18INO4/c1-5-13(6-2)9(16)18-11(19-10(13)17)15-12(3,4)7-8-14/h11,15H,5-6H2,1-4H3. The van der Waals surface area contributed by atoms with Gasteiger partial charge >= 0.3 is 18.4 Å². The minimum atomic E-state index is -1.17. The molecule has 0 aromatic carbocycles. The van der Waals surface area contributed by atoms with Crippen molar-refractivity contribution in [3.63, 3.8) is 0 Å². The second-order valence-corrected chi connectivity index (χ2v) is 5.46. The van der Waals surface area contributed by atoms with Crippen LogP contribution in [-0.2, 0) is 19.1 Å². The van der Waals surface area contributed by atoms with E-state index in [2.05, 4.69) is 15.2 Å². The Morgan fingerprint density at radius 1 is 1.26 bits per heavy atom. The summed E-state index contributed by atoms with van der Waals surface area (Å²) in [5.41, 5.74) is -1.79. The molecule has 0 spiro atoms. The van der Waals surface area contributed by atoms with Gasteiger partial charge in [-0.15, -0.1) is 0 Å². The second kappa shape index (κ2) is 6.09. The molecule has 1 saturated heterocycles. The number of esters is 2. The van der Waals surface area contributed by atoms with Gasteiger partial charge < -0.3 is 9.47 Å². The Labute approximate surface area is 126 Å². The Morgan fingerprint density at radius 3 is 2.11 bits per heavy atom. The number of hydrogen-bond donors (Lipinski definition) is 1. The van der Waals surface area contributed by atoms with E-state index in [9.17, 15) is 9.59 Å². The Bertz CT molecular complexity index is 412. The van der Waals surface area contributed by atoms with E-state index in [1.54, 1.807) is 13.8 Å². The molecule has 6 heteroatoms. The van der Waals surface area contributed by atoms with Crippen molar-refractivity contribution in [2.75, 3.05) is 0 Å². The summed E-state index contributed by atoms with van der Waals surface area (Å²) < 4.78 is 13.1. The SMILES string of the molecule is CCC1(CC)C(=O)OC(NC(C)(C)C#CI)OC1=O. The lowest BCUT2D eigenvalue weighted by atomic mass is 9.82. The molecular formula is C13H18INO4. The molecule has 5 nitrogen and oxygen atoms in total. The minimum absolute atomic E-state index is 0.366. The van der Waals surface area contributed by atoms with E-state index in [0.29, 0.717) is 12.8 Å². The molecule has 106 valence electrons. The zero-order valence-corrected chi connectivity index (χ0v) is 13.7. The fourth-order valence-corrected chi connectivity index (χ4v) is 2.54. The maximum atomic E-state index is 12.0. The van der Waals surface area contributed by atoms with Crippen LogP contribution in [0.1, 0.15) is 40.5 Å². The molecule has 1 aliphatic heterocycles. The van der Waals surface area contributed by atoms with Crippen LogP contribution in [0, 0.1) is 15.3 Å². The van der Waals surface area contributed by atoms with Crippen LogP contribution in [0.25, 0.3) is 0 Å². The predicted molar refractivity (Wildman–Crippen MR) is 78.0 cm³/mol. The van der Waals surface area contributed by atoms with E-state index in [-0.39, 0.29) is 0 Å². The predicted octanol–water partition coefficient (Wildman–Crippen LogP) is 1.94. The Morgan fingerprint density at radius 2 is 1.74 bits per heavy atom. The van der Waals surface area contributed by atoms with Crippen molar-refractivity contribution in [1.82, 2.24) is 5.32 Å². The fourth-order valence-electron chi connectivity index (χ4n) is 1.86. The van der Waals surface area contributed by atoms with Gasteiger partial charge in [0.15, 0.2) is 5.41 Å². The normalized spacial score (nSPS) is 19.2. The Hall–Kier alpha value is -0.810. The first-order chi connectivity index (χ1) is 8.81. The van der Waals surface area contributed by atoms with Crippen molar-refractivity contribution >= 4 is 34.5 Å². The first kappa shape index (κ1) is 16.2. The molecule has 1 heterocycles. The maximum absolute atomic E-state index is 12.0. The molecule has 0 radical (unpaired) electrons. The molecule has 0 aromatic heterocycles. The molecule has 0 bridgehead atoms.